The molecular formula is C33H32N10O. The summed E-state index contributed by atoms with van der Waals surface area (Å²) in [6, 6.07) is 15.5. The van der Waals surface area contributed by atoms with Gasteiger partial charge >= 0.3 is 0 Å². The van der Waals surface area contributed by atoms with E-state index in [0.717, 1.165) is 22.8 Å². The van der Waals surface area contributed by atoms with Gasteiger partial charge in [-0.3, -0.25) is 14.8 Å². The molecule has 1 atom stereocenters. The highest BCUT2D eigenvalue weighted by atomic mass is 16.1. The first-order valence-corrected chi connectivity index (χ1v) is 14.5. The summed E-state index contributed by atoms with van der Waals surface area (Å²) in [5, 5.41) is 38.6. The Hall–Kier alpha value is -5.55. The number of carbonyl (C=O) groups is 1. The zero-order valence-electron chi connectivity index (χ0n) is 24.8. The van der Waals surface area contributed by atoms with Crippen LogP contribution in [-0.2, 0) is 10.3 Å². The minimum atomic E-state index is -0.887. The quantitative estimate of drug-likeness (QED) is 0.223. The smallest absolute Gasteiger partial charge is 0.245 e. The van der Waals surface area contributed by atoms with Crippen LogP contribution in [0, 0.1) is 28.1 Å². The highest BCUT2D eigenvalue weighted by Crippen LogP contribution is 2.40. The van der Waals surface area contributed by atoms with Gasteiger partial charge in [0.15, 0.2) is 0 Å². The number of carbonyl (C=O) groups excluding carboxylic acids is 1. The molecule has 0 bridgehead atoms. The number of aromatic nitrogens is 5. The van der Waals surface area contributed by atoms with Gasteiger partial charge in [-0.2, -0.15) is 10.5 Å². The molecule has 1 amide bonds. The number of pyridine rings is 2. The van der Waals surface area contributed by atoms with Gasteiger partial charge < -0.3 is 16.4 Å². The molecule has 1 aliphatic rings. The van der Waals surface area contributed by atoms with Gasteiger partial charge in [0.05, 0.1) is 34.6 Å². The standard InChI is InChI=1S/C33H32N10O/c1-32(2,3)19-39-29-22(15-35)17-38-28-21(14-34)12-23(13-26(28)29)40-30(25-7-4-6-20-16-37-11-8-24(20)25)27-18-43(42-41-27)33(31(36)44)9-5-10-33/h4,6-8,11-13,16-18,30,40H,5,9-10,19H2,1-3H3,(H2,36,44)(H,38,39). The third-order valence-corrected chi connectivity index (χ3v) is 8.23. The van der Waals surface area contributed by atoms with Gasteiger partial charge in [0.2, 0.25) is 5.91 Å². The van der Waals surface area contributed by atoms with E-state index in [1.165, 1.54) is 6.20 Å². The fourth-order valence-corrected chi connectivity index (χ4v) is 5.70. The first kappa shape index (κ1) is 28.6. The number of hydrogen-bond acceptors (Lipinski definition) is 9. The number of nitrogens with zero attached hydrogens (tertiary/aromatic N) is 7. The van der Waals surface area contributed by atoms with Gasteiger partial charge in [0.25, 0.3) is 0 Å². The van der Waals surface area contributed by atoms with Gasteiger partial charge in [-0.05, 0) is 53.8 Å². The van der Waals surface area contributed by atoms with Crippen LogP contribution < -0.4 is 16.4 Å². The normalized spacial score (nSPS) is 14.8. The van der Waals surface area contributed by atoms with E-state index in [4.69, 9.17) is 5.73 Å². The molecule has 11 nitrogen and oxygen atoms in total. The number of hydrogen-bond donors (Lipinski definition) is 3. The van der Waals surface area contributed by atoms with Crippen LogP contribution in [0.5, 0.6) is 0 Å². The second-order valence-electron chi connectivity index (χ2n) is 12.5. The predicted octanol–water partition coefficient (Wildman–Crippen LogP) is 5.14. The topological polar surface area (TPSA) is 171 Å². The predicted molar refractivity (Wildman–Crippen MR) is 167 cm³/mol. The summed E-state index contributed by atoms with van der Waals surface area (Å²) in [7, 11) is 0. The van der Waals surface area contributed by atoms with Gasteiger partial charge in [-0.1, -0.05) is 44.2 Å². The molecule has 5 aromatic rings. The molecule has 1 unspecified atom stereocenters. The molecule has 3 heterocycles. The first-order valence-electron chi connectivity index (χ1n) is 14.5. The number of nitriles is 2. The molecular weight excluding hydrogens is 552 g/mol. The summed E-state index contributed by atoms with van der Waals surface area (Å²) in [5.74, 6) is -0.426. The molecule has 1 fully saturated rings. The van der Waals surface area contributed by atoms with E-state index in [1.807, 2.05) is 30.3 Å². The average molecular weight is 585 g/mol. The van der Waals surface area contributed by atoms with E-state index in [9.17, 15) is 15.3 Å². The number of amides is 1. The molecule has 220 valence electrons. The molecule has 0 saturated heterocycles. The average Bonchev–Trinajstić information content (AvgIpc) is 3.46. The minimum absolute atomic E-state index is 0.0565. The van der Waals surface area contributed by atoms with E-state index in [-0.39, 0.29) is 5.41 Å². The molecule has 0 radical (unpaired) electrons. The van der Waals surface area contributed by atoms with E-state index >= 15 is 0 Å². The molecule has 4 N–H and O–H groups in total. The molecule has 6 rings (SSSR count). The maximum atomic E-state index is 12.5. The Balaban J connectivity index is 1.51. The van der Waals surface area contributed by atoms with Crippen LogP contribution >= 0.6 is 0 Å². The molecule has 1 aliphatic carbocycles. The summed E-state index contributed by atoms with van der Waals surface area (Å²) >= 11 is 0. The second-order valence-corrected chi connectivity index (χ2v) is 12.5. The van der Waals surface area contributed by atoms with Crippen molar-refractivity contribution in [3.63, 3.8) is 0 Å². The van der Waals surface area contributed by atoms with Gasteiger partial charge in [0, 0.05) is 41.6 Å². The van der Waals surface area contributed by atoms with Crippen LogP contribution in [-0.4, -0.2) is 37.4 Å². The maximum Gasteiger partial charge on any atom is 0.245 e. The number of rotatable bonds is 8. The van der Waals surface area contributed by atoms with Gasteiger partial charge in [-0.25, -0.2) is 4.68 Å². The zero-order valence-corrected chi connectivity index (χ0v) is 24.8. The summed E-state index contributed by atoms with van der Waals surface area (Å²) in [5.41, 5.74) is 8.87. The van der Waals surface area contributed by atoms with Crippen LogP contribution in [0.2, 0.25) is 0 Å². The van der Waals surface area contributed by atoms with Crippen molar-refractivity contribution in [2.75, 3.05) is 17.2 Å². The third kappa shape index (κ3) is 5.03. The Morgan fingerprint density at radius 2 is 1.91 bits per heavy atom. The number of benzene rings is 2. The van der Waals surface area contributed by atoms with Crippen LogP contribution in [0.1, 0.15) is 68.5 Å². The molecule has 0 aliphatic heterocycles. The Kier molecular flexibility index (Phi) is 7.10. The Bertz CT molecular complexity index is 1980. The molecule has 1 saturated carbocycles. The molecule has 44 heavy (non-hydrogen) atoms. The molecule has 2 aromatic carbocycles. The van der Waals surface area contributed by atoms with Crippen LogP contribution in [0.3, 0.4) is 0 Å². The zero-order chi connectivity index (χ0) is 31.1. The lowest BCUT2D eigenvalue weighted by atomic mass is 9.76. The van der Waals surface area contributed by atoms with Crippen LogP contribution in [0.25, 0.3) is 21.7 Å². The first-order chi connectivity index (χ1) is 21.1. The number of nitrogens with one attached hydrogen (secondary N) is 2. The summed E-state index contributed by atoms with van der Waals surface area (Å²) < 4.78 is 1.59. The molecule has 11 heteroatoms. The molecule has 3 aromatic heterocycles. The highest BCUT2D eigenvalue weighted by molar-refractivity contribution is 5.99. The largest absolute Gasteiger partial charge is 0.383 e. The number of fused-ring (bicyclic) bond motifs is 2. The Morgan fingerprint density at radius 1 is 1.11 bits per heavy atom. The van der Waals surface area contributed by atoms with Crippen molar-refractivity contribution in [1.29, 1.82) is 10.5 Å². The lowest BCUT2D eigenvalue weighted by Gasteiger charge is -2.38. The van der Waals surface area contributed by atoms with Crippen molar-refractivity contribution in [3.05, 3.63) is 83.6 Å². The SMILES string of the molecule is CC(C)(C)CNc1c(C#N)cnc2c(C#N)cc(NC(c3cn(C4(C(N)=O)CCC4)nn3)c3cccc4cnccc34)cc12. The van der Waals surface area contributed by atoms with Crippen molar-refractivity contribution in [3.8, 4) is 12.1 Å². The summed E-state index contributed by atoms with van der Waals surface area (Å²) in [6.45, 7) is 6.92. The number of primary amides is 1. The summed E-state index contributed by atoms with van der Waals surface area (Å²) in [4.78, 5) is 21.2. The minimum Gasteiger partial charge on any atom is -0.383 e. The van der Waals surface area contributed by atoms with Crippen molar-refractivity contribution in [1.82, 2.24) is 25.0 Å². The van der Waals surface area contributed by atoms with Crippen LogP contribution in [0.15, 0.2) is 61.2 Å². The maximum absolute atomic E-state index is 12.5. The number of anilines is 2. The lowest BCUT2D eigenvalue weighted by Crippen LogP contribution is -2.51. The van der Waals surface area contributed by atoms with Crippen LogP contribution in [0.4, 0.5) is 11.4 Å². The van der Waals surface area contributed by atoms with Gasteiger partial charge in [-0.15, -0.1) is 5.10 Å². The fraction of sp³-hybridized carbons (Fsp3) is 0.303. The second kappa shape index (κ2) is 10.9. The van der Waals surface area contributed by atoms with E-state index < -0.39 is 17.5 Å². The van der Waals surface area contributed by atoms with Crippen molar-refractivity contribution in [2.45, 2.75) is 51.6 Å². The third-order valence-electron chi connectivity index (χ3n) is 8.23. The monoisotopic (exact) mass is 584 g/mol. The van der Waals surface area contributed by atoms with Gasteiger partial charge in [0.1, 0.15) is 23.4 Å². The number of nitrogens with two attached hydrogens (primary N) is 1. The Labute approximate surface area is 254 Å². The van der Waals surface area contributed by atoms with E-state index in [2.05, 4.69) is 63.8 Å². The van der Waals surface area contributed by atoms with Crippen molar-refractivity contribution >= 4 is 39.0 Å². The summed E-state index contributed by atoms with van der Waals surface area (Å²) in [6.07, 6.45) is 8.92. The Morgan fingerprint density at radius 3 is 2.59 bits per heavy atom. The fourth-order valence-electron chi connectivity index (χ4n) is 5.70. The van der Waals surface area contributed by atoms with Crippen molar-refractivity contribution < 1.29 is 4.79 Å². The lowest BCUT2D eigenvalue weighted by molar-refractivity contribution is -0.131. The van der Waals surface area contributed by atoms with Crippen molar-refractivity contribution in [2.24, 2.45) is 11.1 Å². The molecule has 0 spiro atoms. The van der Waals surface area contributed by atoms with E-state index in [0.29, 0.717) is 58.5 Å². The highest BCUT2D eigenvalue weighted by Gasteiger charge is 2.46. The van der Waals surface area contributed by atoms with E-state index in [1.54, 1.807) is 29.3 Å².